The maximum Gasteiger partial charge on any atom is 0.276 e. The fourth-order valence-electron chi connectivity index (χ4n) is 3.74. The Kier molecular flexibility index (Phi) is 9.53. The van der Waals surface area contributed by atoms with E-state index in [0.717, 1.165) is 34.8 Å². The highest BCUT2D eigenvalue weighted by Crippen LogP contribution is 2.25. The van der Waals surface area contributed by atoms with Crippen LogP contribution in [0.25, 0.3) is 0 Å². The van der Waals surface area contributed by atoms with E-state index in [0.29, 0.717) is 23.9 Å². The number of ether oxygens (including phenoxy) is 1. The van der Waals surface area contributed by atoms with Crippen LogP contribution in [-0.2, 0) is 19.7 Å². The monoisotopic (exact) mass is 524 g/mol. The number of benzene rings is 3. The molecular weight excluding hydrogens is 495 g/mol. The van der Waals surface area contributed by atoms with Crippen molar-refractivity contribution < 1.29 is 9.53 Å². The normalized spacial score (nSPS) is 10.7. The van der Waals surface area contributed by atoms with Crippen LogP contribution in [0.3, 0.4) is 0 Å². The van der Waals surface area contributed by atoms with Crippen LogP contribution >= 0.6 is 24.0 Å². The van der Waals surface area contributed by atoms with Crippen LogP contribution in [0.15, 0.2) is 78.9 Å². The molecule has 4 aromatic rings. The summed E-state index contributed by atoms with van der Waals surface area (Å²) in [4.78, 5) is 14.9. The molecule has 1 aromatic heterocycles. The fraction of sp³-hybridized carbons (Fsp3) is 0.214. The quantitative estimate of drug-likeness (QED) is 0.282. The first-order valence-electron chi connectivity index (χ1n) is 11.4. The molecule has 0 aliphatic carbocycles. The zero-order valence-corrected chi connectivity index (χ0v) is 22.1. The Labute approximate surface area is 223 Å². The molecule has 0 spiro atoms. The number of hydrogen-bond acceptors (Lipinski definition) is 4. The minimum absolute atomic E-state index is 0. The first-order valence-corrected chi connectivity index (χ1v) is 11.8. The van der Waals surface area contributed by atoms with E-state index in [4.69, 9.17) is 16.3 Å². The number of carbonyl (C=O) groups excluding carboxylic acids is 1. The third-order valence-electron chi connectivity index (χ3n) is 5.50. The zero-order valence-electron chi connectivity index (χ0n) is 20.6. The molecule has 188 valence electrons. The lowest BCUT2D eigenvalue weighted by atomic mass is 10.2. The smallest absolute Gasteiger partial charge is 0.276 e. The Bertz CT molecular complexity index is 1290. The molecule has 6 nitrogen and oxygen atoms in total. The number of hydrogen-bond donors (Lipinski definition) is 1. The molecule has 1 amide bonds. The number of nitrogens with one attached hydrogen (secondary N) is 1. The first-order chi connectivity index (χ1) is 16.9. The fourth-order valence-corrected chi connectivity index (χ4v) is 3.94. The number of nitrogens with zero attached hydrogens (tertiary/aromatic N) is 3. The van der Waals surface area contributed by atoms with Crippen molar-refractivity contribution in [3.63, 3.8) is 0 Å². The van der Waals surface area contributed by atoms with Gasteiger partial charge in [-0.25, -0.2) is 0 Å². The lowest BCUT2D eigenvalue weighted by Gasteiger charge is -2.13. The van der Waals surface area contributed by atoms with Crippen molar-refractivity contribution in [1.29, 1.82) is 0 Å². The predicted molar refractivity (Wildman–Crippen MR) is 147 cm³/mol. The molecule has 0 saturated carbocycles. The summed E-state index contributed by atoms with van der Waals surface area (Å²) in [7, 11) is 4.05. The second-order valence-corrected chi connectivity index (χ2v) is 9.18. The summed E-state index contributed by atoms with van der Waals surface area (Å²) in [5.74, 6) is 0.482. The first kappa shape index (κ1) is 27.3. The van der Waals surface area contributed by atoms with Crippen LogP contribution in [-0.4, -0.2) is 34.7 Å². The van der Waals surface area contributed by atoms with Gasteiger partial charge in [0, 0.05) is 28.5 Å². The van der Waals surface area contributed by atoms with Crippen LogP contribution in [0.2, 0.25) is 5.02 Å². The van der Waals surface area contributed by atoms with E-state index in [-0.39, 0.29) is 18.3 Å². The standard InChI is InChI=1S/C28H29ClN4O2.ClH/c1-20-15-26(28(34)30-25-12-9-21(10-13-25)17-32(2)3)31-33(20)18-23-16-24(29)11-14-27(23)35-19-22-7-5-4-6-8-22;/h4-16H,17-19H2,1-3H3,(H,30,34);1H. The van der Waals surface area contributed by atoms with Crippen LogP contribution < -0.4 is 10.1 Å². The summed E-state index contributed by atoms with van der Waals surface area (Å²) in [6.45, 7) is 3.66. The van der Waals surface area contributed by atoms with E-state index in [1.54, 1.807) is 10.7 Å². The Morgan fingerprint density at radius 2 is 1.72 bits per heavy atom. The minimum atomic E-state index is -0.251. The van der Waals surface area contributed by atoms with Gasteiger partial charge in [-0.3, -0.25) is 9.48 Å². The van der Waals surface area contributed by atoms with Gasteiger partial charge >= 0.3 is 0 Å². The van der Waals surface area contributed by atoms with Crippen LogP contribution in [0, 0.1) is 6.92 Å². The van der Waals surface area contributed by atoms with Gasteiger partial charge in [-0.1, -0.05) is 54.1 Å². The van der Waals surface area contributed by atoms with Crippen LogP contribution in [0.1, 0.15) is 32.9 Å². The van der Waals surface area contributed by atoms with E-state index >= 15 is 0 Å². The molecule has 1 N–H and O–H groups in total. The Morgan fingerprint density at radius 1 is 1.00 bits per heavy atom. The number of aryl methyl sites for hydroxylation is 1. The zero-order chi connectivity index (χ0) is 24.8. The molecule has 1 heterocycles. The van der Waals surface area contributed by atoms with Crippen molar-refractivity contribution >= 4 is 35.6 Å². The molecule has 0 radical (unpaired) electrons. The van der Waals surface area contributed by atoms with E-state index in [2.05, 4.69) is 15.3 Å². The average molecular weight is 525 g/mol. The van der Waals surface area contributed by atoms with Crippen LogP contribution in [0.5, 0.6) is 5.75 Å². The Morgan fingerprint density at radius 3 is 2.42 bits per heavy atom. The van der Waals surface area contributed by atoms with Crippen LogP contribution in [0.4, 0.5) is 5.69 Å². The van der Waals surface area contributed by atoms with Gasteiger partial charge in [0.25, 0.3) is 5.91 Å². The molecule has 0 unspecified atom stereocenters. The Balaban J connectivity index is 0.00000361. The maximum atomic E-state index is 12.8. The summed E-state index contributed by atoms with van der Waals surface area (Å²) >= 11 is 6.27. The highest BCUT2D eigenvalue weighted by atomic mass is 35.5. The van der Waals surface area contributed by atoms with Gasteiger partial charge in [0.05, 0.1) is 6.54 Å². The Hall–Kier alpha value is -3.32. The van der Waals surface area contributed by atoms with Gasteiger partial charge in [0.15, 0.2) is 5.69 Å². The summed E-state index contributed by atoms with van der Waals surface area (Å²) in [5.41, 5.74) is 5.11. The van der Waals surface area contributed by atoms with Gasteiger partial charge in [0.2, 0.25) is 0 Å². The highest BCUT2D eigenvalue weighted by molar-refractivity contribution is 6.30. The average Bonchev–Trinajstić information content (AvgIpc) is 3.20. The lowest BCUT2D eigenvalue weighted by molar-refractivity contribution is 0.102. The van der Waals surface area contributed by atoms with Gasteiger partial charge < -0.3 is 15.0 Å². The van der Waals surface area contributed by atoms with Crippen molar-refractivity contribution in [2.45, 2.75) is 26.6 Å². The van der Waals surface area contributed by atoms with Crippen molar-refractivity contribution in [1.82, 2.24) is 14.7 Å². The molecule has 8 heteroatoms. The largest absolute Gasteiger partial charge is 0.489 e. The summed E-state index contributed by atoms with van der Waals surface area (Å²) in [6.07, 6.45) is 0. The van der Waals surface area contributed by atoms with E-state index in [1.165, 1.54) is 5.56 Å². The third-order valence-corrected chi connectivity index (χ3v) is 5.74. The topological polar surface area (TPSA) is 59.4 Å². The maximum absolute atomic E-state index is 12.8. The summed E-state index contributed by atoms with van der Waals surface area (Å²) in [6, 6.07) is 25.2. The molecular formula is C28H30Cl2N4O2. The molecule has 0 aliphatic heterocycles. The summed E-state index contributed by atoms with van der Waals surface area (Å²) in [5, 5.41) is 8.09. The third kappa shape index (κ3) is 7.34. The SMILES string of the molecule is Cc1cc(C(=O)Nc2ccc(CN(C)C)cc2)nn1Cc1cc(Cl)ccc1OCc1ccccc1.Cl. The molecule has 0 atom stereocenters. The molecule has 0 saturated heterocycles. The summed E-state index contributed by atoms with van der Waals surface area (Å²) < 4.78 is 7.86. The molecule has 0 bridgehead atoms. The molecule has 0 fully saturated rings. The molecule has 0 aliphatic rings. The van der Waals surface area contributed by atoms with Crippen molar-refractivity contribution in [2.75, 3.05) is 19.4 Å². The predicted octanol–water partition coefficient (Wildman–Crippen LogP) is 6.21. The second-order valence-electron chi connectivity index (χ2n) is 8.74. The van der Waals surface area contributed by atoms with Crippen molar-refractivity contribution in [2.24, 2.45) is 0 Å². The number of amides is 1. The van der Waals surface area contributed by atoms with E-state index in [1.807, 2.05) is 93.8 Å². The number of aromatic nitrogens is 2. The molecule has 4 rings (SSSR count). The molecule has 3 aromatic carbocycles. The van der Waals surface area contributed by atoms with Gasteiger partial charge in [-0.05, 0) is 68.5 Å². The van der Waals surface area contributed by atoms with E-state index in [9.17, 15) is 4.79 Å². The number of halogens is 2. The number of rotatable bonds is 9. The van der Waals surface area contributed by atoms with Gasteiger partial charge in [0.1, 0.15) is 12.4 Å². The minimum Gasteiger partial charge on any atom is -0.489 e. The molecule has 36 heavy (non-hydrogen) atoms. The second kappa shape index (κ2) is 12.6. The van der Waals surface area contributed by atoms with Crippen molar-refractivity contribution in [3.05, 3.63) is 112 Å². The highest BCUT2D eigenvalue weighted by Gasteiger charge is 2.15. The van der Waals surface area contributed by atoms with Gasteiger partial charge in [-0.15, -0.1) is 12.4 Å². The van der Waals surface area contributed by atoms with Gasteiger partial charge in [-0.2, -0.15) is 5.10 Å². The lowest BCUT2D eigenvalue weighted by Crippen LogP contribution is -2.14. The number of anilines is 1. The number of carbonyl (C=O) groups is 1. The van der Waals surface area contributed by atoms with Crippen molar-refractivity contribution in [3.8, 4) is 5.75 Å². The van der Waals surface area contributed by atoms with E-state index < -0.39 is 0 Å².